The van der Waals surface area contributed by atoms with Gasteiger partial charge in [0.2, 0.25) is 5.91 Å². The van der Waals surface area contributed by atoms with Gasteiger partial charge >= 0.3 is 13.8 Å². The third-order valence-electron chi connectivity index (χ3n) is 15.1. The van der Waals surface area contributed by atoms with Crippen molar-refractivity contribution in [1.82, 2.24) is 5.32 Å². The largest absolute Gasteiger partial charge is 0.472 e. The van der Waals surface area contributed by atoms with Crippen LogP contribution in [-0.4, -0.2) is 74.3 Å². The zero-order chi connectivity index (χ0) is 55.7. The highest BCUT2D eigenvalue weighted by Gasteiger charge is 2.30. The molecule has 0 aliphatic carbocycles. The van der Waals surface area contributed by atoms with E-state index < -0.39 is 20.0 Å². The number of amides is 1. The first-order valence-electron chi connectivity index (χ1n) is 33.2. The van der Waals surface area contributed by atoms with Gasteiger partial charge in [-0.25, -0.2) is 4.57 Å². The Hall–Kier alpha value is -1.51. The molecule has 0 heterocycles. The van der Waals surface area contributed by atoms with Crippen molar-refractivity contribution in [3.8, 4) is 0 Å². The summed E-state index contributed by atoms with van der Waals surface area (Å²) in [7, 11) is 1.51. The number of carbonyl (C=O) groups excluding carboxylic acids is 2. The molecular formula is C66H130N2O7P+. The molecule has 0 bridgehead atoms. The van der Waals surface area contributed by atoms with E-state index in [0.717, 1.165) is 57.8 Å². The first kappa shape index (κ1) is 74.5. The summed E-state index contributed by atoms with van der Waals surface area (Å²) in [6.07, 6.45) is 67.5. The van der Waals surface area contributed by atoms with Crippen LogP contribution in [0.2, 0.25) is 0 Å². The molecule has 2 N–H and O–H groups in total. The number of nitrogens with zero attached hydrogens (tertiary/aromatic N) is 1. The van der Waals surface area contributed by atoms with Gasteiger partial charge in [0.1, 0.15) is 19.3 Å². The lowest BCUT2D eigenvalue weighted by Crippen LogP contribution is -2.47. The number of esters is 1. The van der Waals surface area contributed by atoms with Gasteiger partial charge in [-0.05, 0) is 57.4 Å². The number of carbonyl (C=O) groups is 2. The van der Waals surface area contributed by atoms with E-state index in [1.54, 1.807) is 0 Å². The monoisotopic (exact) mass is 1090 g/mol. The van der Waals surface area contributed by atoms with E-state index >= 15 is 0 Å². The Labute approximate surface area is 473 Å². The van der Waals surface area contributed by atoms with Crippen LogP contribution < -0.4 is 5.32 Å². The molecule has 0 aromatic rings. The number of hydrogen-bond donors (Lipinski definition) is 2. The van der Waals surface area contributed by atoms with Crippen LogP contribution in [0, 0.1) is 0 Å². The van der Waals surface area contributed by atoms with Crippen molar-refractivity contribution in [3.63, 3.8) is 0 Å². The average Bonchev–Trinajstić information content (AvgIpc) is 3.38. The van der Waals surface area contributed by atoms with Crippen molar-refractivity contribution in [2.24, 2.45) is 0 Å². The van der Waals surface area contributed by atoms with E-state index in [9.17, 15) is 19.0 Å². The van der Waals surface area contributed by atoms with E-state index in [2.05, 4.69) is 38.2 Å². The summed E-state index contributed by atoms with van der Waals surface area (Å²) in [5, 5.41) is 3.07. The summed E-state index contributed by atoms with van der Waals surface area (Å²) in [6, 6.07) is -0.844. The van der Waals surface area contributed by atoms with E-state index in [1.807, 2.05) is 33.3 Å². The molecule has 0 saturated carbocycles. The number of ether oxygens (including phenoxy) is 1. The lowest BCUT2D eigenvalue weighted by Gasteiger charge is -2.27. The fraction of sp³-hybridized carbons (Fsp3) is 0.909. The number of nitrogens with one attached hydrogen (secondary N) is 1. The third-order valence-corrected chi connectivity index (χ3v) is 16.1. The maximum Gasteiger partial charge on any atom is 0.472 e. The van der Waals surface area contributed by atoms with Crippen LogP contribution in [0.15, 0.2) is 24.3 Å². The molecule has 1 amide bonds. The first-order chi connectivity index (χ1) is 36.9. The number of rotatable bonds is 61. The SMILES string of the molecule is CCCCCCCC/C=C/CCCCCCCCCC(=O)OC(/C=C/CCCCCCCCCCCC)C(COP(=O)(O)OCC[N+](C)(C)C)NC(=O)CCCCCCCCCCCCCCCCCCCCCCC. The number of likely N-dealkylation sites (N-methyl/N-ethyl adjacent to an activating group) is 1. The Morgan fingerprint density at radius 2 is 0.763 bits per heavy atom. The van der Waals surface area contributed by atoms with Gasteiger partial charge in [-0.1, -0.05) is 289 Å². The Morgan fingerprint density at radius 3 is 1.12 bits per heavy atom. The predicted molar refractivity (Wildman–Crippen MR) is 328 cm³/mol. The van der Waals surface area contributed by atoms with Gasteiger partial charge in [0.05, 0.1) is 33.8 Å². The minimum absolute atomic E-state index is 0.0433. The average molecular weight is 1090 g/mol. The molecule has 0 aromatic carbocycles. The van der Waals surface area contributed by atoms with Gasteiger partial charge < -0.3 is 19.4 Å². The number of unbranched alkanes of at least 4 members (excludes halogenated alkanes) is 43. The molecule has 3 unspecified atom stereocenters. The Morgan fingerprint density at radius 1 is 0.447 bits per heavy atom. The van der Waals surface area contributed by atoms with E-state index in [1.165, 1.54) is 244 Å². The summed E-state index contributed by atoms with van der Waals surface area (Å²) < 4.78 is 30.8. The molecule has 0 saturated heterocycles. The number of quaternary nitrogens is 1. The Kier molecular flexibility index (Phi) is 55.6. The van der Waals surface area contributed by atoms with Crippen LogP contribution in [0.5, 0.6) is 0 Å². The topological polar surface area (TPSA) is 111 Å². The molecule has 0 radical (unpaired) electrons. The van der Waals surface area contributed by atoms with Crippen LogP contribution in [0.4, 0.5) is 0 Å². The number of phosphoric ester groups is 1. The number of phosphoric acid groups is 1. The lowest BCUT2D eigenvalue weighted by molar-refractivity contribution is -0.870. The second-order valence-electron chi connectivity index (χ2n) is 24.0. The molecule has 9 nitrogen and oxygen atoms in total. The molecule has 0 spiro atoms. The molecule has 0 rings (SSSR count). The Balaban J connectivity index is 5.14. The van der Waals surface area contributed by atoms with Gasteiger partial charge in [-0.15, -0.1) is 0 Å². The highest BCUT2D eigenvalue weighted by atomic mass is 31.2. The predicted octanol–water partition coefficient (Wildman–Crippen LogP) is 20.5. The fourth-order valence-electron chi connectivity index (χ4n) is 10.00. The molecular weight excluding hydrogens is 964 g/mol. The fourth-order valence-corrected chi connectivity index (χ4v) is 10.7. The van der Waals surface area contributed by atoms with Crippen LogP contribution in [0.25, 0.3) is 0 Å². The smallest absolute Gasteiger partial charge is 0.456 e. The maximum atomic E-state index is 13.6. The van der Waals surface area contributed by atoms with Gasteiger partial charge in [0.25, 0.3) is 0 Å². The van der Waals surface area contributed by atoms with Crippen LogP contribution in [0.1, 0.15) is 335 Å². The summed E-state index contributed by atoms with van der Waals surface area (Å²) in [6.45, 7) is 7.06. The van der Waals surface area contributed by atoms with Crippen molar-refractivity contribution in [2.45, 2.75) is 348 Å². The zero-order valence-corrected chi connectivity index (χ0v) is 52.4. The summed E-state index contributed by atoms with van der Waals surface area (Å²) >= 11 is 0. The molecule has 76 heavy (non-hydrogen) atoms. The van der Waals surface area contributed by atoms with Gasteiger partial charge in [-0.3, -0.25) is 18.6 Å². The van der Waals surface area contributed by atoms with Crippen molar-refractivity contribution in [2.75, 3.05) is 40.9 Å². The molecule has 0 fully saturated rings. The van der Waals surface area contributed by atoms with Gasteiger partial charge in [0.15, 0.2) is 0 Å². The van der Waals surface area contributed by atoms with E-state index in [4.69, 9.17) is 13.8 Å². The van der Waals surface area contributed by atoms with Crippen LogP contribution >= 0.6 is 7.82 Å². The minimum Gasteiger partial charge on any atom is -0.456 e. The molecule has 0 aliphatic rings. The van der Waals surface area contributed by atoms with Gasteiger partial charge in [-0.2, -0.15) is 0 Å². The second-order valence-corrected chi connectivity index (χ2v) is 25.5. The van der Waals surface area contributed by atoms with Crippen molar-refractivity contribution >= 4 is 19.7 Å². The molecule has 3 atom stereocenters. The molecule has 0 aromatic heterocycles. The van der Waals surface area contributed by atoms with Crippen molar-refractivity contribution < 1.29 is 37.3 Å². The van der Waals surface area contributed by atoms with E-state index in [-0.39, 0.29) is 25.1 Å². The second kappa shape index (κ2) is 56.8. The minimum atomic E-state index is -4.45. The standard InChI is InChI=1S/C66H129N2O7P/c1-7-10-13-16-19-22-25-28-30-32-33-34-35-37-38-40-43-46-49-52-55-58-65(69)67-63(62-74-76(71,72)73-61-60-68(4,5)6)64(57-54-51-48-45-42-27-24-21-18-15-12-9-3)75-66(70)59-56-53-50-47-44-41-39-36-31-29-26-23-20-17-14-11-8-2/h29,31,54,57,63-64H,7-28,30,32-53,55-56,58-62H2,1-6H3,(H-,67,69,71,72)/p+1/b31-29+,57-54+. The maximum absolute atomic E-state index is 13.6. The molecule has 10 heteroatoms. The summed E-state index contributed by atoms with van der Waals surface area (Å²) in [5.74, 6) is -0.491. The summed E-state index contributed by atoms with van der Waals surface area (Å²) in [5.41, 5.74) is 0. The van der Waals surface area contributed by atoms with Crippen LogP contribution in [0.3, 0.4) is 0 Å². The van der Waals surface area contributed by atoms with E-state index in [0.29, 0.717) is 23.9 Å². The normalized spacial score (nSPS) is 13.7. The van der Waals surface area contributed by atoms with Crippen LogP contribution in [-0.2, 0) is 27.9 Å². The number of allylic oxidation sites excluding steroid dienone is 3. The summed E-state index contributed by atoms with van der Waals surface area (Å²) in [4.78, 5) is 37.8. The molecule has 450 valence electrons. The Bertz CT molecular complexity index is 1350. The highest BCUT2D eigenvalue weighted by Crippen LogP contribution is 2.43. The molecule has 0 aliphatic heterocycles. The van der Waals surface area contributed by atoms with Crippen molar-refractivity contribution in [1.29, 1.82) is 0 Å². The zero-order valence-electron chi connectivity index (χ0n) is 51.5. The first-order valence-corrected chi connectivity index (χ1v) is 34.7. The third kappa shape index (κ3) is 57.2. The highest BCUT2D eigenvalue weighted by molar-refractivity contribution is 7.47. The van der Waals surface area contributed by atoms with Gasteiger partial charge in [0, 0.05) is 12.8 Å². The quantitative estimate of drug-likeness (QED) is 0.0205. The van der Waals surface area contributed by atoms with Crippen molar-refractivity contribution in [3.05, 3.63) is 24.3 Å². The number of hydrogen-bond acceptors (Lipinski definition) is 6. The lowest BCUT2D eigenvalue weighted by atomic mass is 10.0.